The van der Waals surface area contributed by atoms with Crippen LogP contribution >= 0.6 is 22.7 Å². The average Bonchev–Trinajstić information content (AvgIpc) is 3.32. The minimum atomic E-state index is -0.0346. The van der Waals surface area contributed by atoms with Crippen LogP contribution in [0.3, 0.4) is 0 Å². The molecule has 4 rings (SSSR count). The molecule has 0 aliphatic heterocycles. The van der Waals surface area contributed by atoms with Crippen molar-refractivity contribution < 1.29 is 9.53 Å². The highest BCUT2D eigenvalue weighted by Gasteiger charge is 2.09. The number of benzene rings is 2. The van der Waals surface area contributed by atoms with Crippen molar-refractivity contribution in [2.45, 2.75) is 13.5 Å². The number of nitrogens with zero attached hydrogens (tertiary/aromatic N) is 2. The molecular formula is C20H18N4O2S2. The fraction of sp³-hybridized carbons (Fsp3) is 0.150. The van der Waals surface area contributed by atoms with E-state index in [1.807, 2.05) is 47.8 Å². The van der Waals surface area contributed by atoms with Crippen LogP contribution in [0.25, 0.3) is 21.5 Å². The number of amides is 1. The van der Waals surface area contributed by atoms with Crippen molar-refractivity contribution in [3.8, 4) is 17.0 Å². The molecule has 0 unspecified atom stereocenters. The first-order valence-corrected chi connectivity index (χ1v) is 10.3. The molecule has 0 fully saturated rings. The molecule has 2 aromatic carbocycles. The Hall–Kier alpha value is -2.97. The molecule has 8 heteroatoms. The molecule has 28 heavy (non-hydrogen) atoms. The van der Waals surface area contributed by atoms with Gasteiger partial charge >= 0.3 is 0 Å². The molecule has 0 saturated heterocycles. The molecule has 0 atom stereocenters. The number of aromatic nitrogens is 2. The average molecular weight is 411 g/mol. The van der Waals surface area contributed by atoms with Crippen LogP contribution < -0.4 is 15.4 Å². The highest BCUT2D eigenvalue weighted by molar-refractivity contribution is 7.22. The van der Waals surface area contributed by atoms with E-state index in [-0.39, 0.29) is 5.91 Å². The van der Waals surface area contributed by atoms with E-state index >= 15 is 0 Å². The summed E-state index contributed by atoms with van der Waals surface area (Å²) in [5.74, 6) is 0.786. The smallest absolute Gasteiger partial charge is 0.217 e. The molecule has 0 bridgehead atoms. The minimum absolute atomic E-state index is 0.0346. The third-order valence-corrected chi connectivity index (χ3v) is 5.80. The number of methoxy groups -OCH3 is 1. The molecular weight excluding hydrogens is 392 g/mol. The fourth-order valence-electron chi connectivity index (χ4n) is 2.66. The Morgan fingerprint density at radius 3 is 2.68 bits per heavy atom. The number of hydrogen-bond donors (Lipinski definition) is 2. The molecule has 4 aromatic rings. The second-order valence-corrected chi connectivity index (χ2v) is 8.01. The second-order valence-electron chi connectivity index (χ2n) is 6.12. The van der Waals surface area contributed by atoms with E-state index in [0.717, 1.165) is 43.1 Å². The van der Waals surface area contributed by atoms with Crippen molar-refractivity contribution in [2.24, 2.45) is 0 Å². The summed E-state index contributed by atoms with van der Waals surface area (Å²) in [6.45, 7) is 2.04. The molecule has 0 spiro atoms. The molecule has 2 N–H and O–H groups in total. The molecule has 1 amide bonds. The van der Waals surface area contributed by atoms with Gasteiger partial charge in [-0.1, -0.05) is 35.6 Å². The monoisotopic (exact) mass is 410 g/mol. The molecule has 2 heterocycles. The lowest BCUT2D eigenvalue weighted by atomic mass is 10.1. The standard InChI is InChI=1S/C20H18N4O2S2/c1-12(25)21-10-13-3-5-14(6-4-13)17-11-27-19(23-17)24-20-22-16-8-7-15(26-2)9-18(16)28-20/h3-9,11H,10H2,1-2H3,(H,21,25)(H,22,23,24). The predicted octanol–water partition coefficient (Wildman–Crippen LogP) is 4.81. The van der Waals surface area contributed by atoms with Gasteiger partial charge in [-0.25, -0.2) is 9.97 Å². The fourth-order valence-corrected chi connectivity index (χ4v) is 4.34. The van der Waals surface area contributed by atoms with Gasteiger partial charge in [0.25, 0.3) is 0 Å². The van der Waals surface area contributed by atoms with E-state index in [2.05, 4.69) is 20.6 Å². The summed E-state index contributed by atoms with van der Waals surface area (Å²) >= 11 is 3.10. The summed E-state index contributed by atoms with van der Waals surface area (Å²) < 4.78 is 6.33. The van der Waals surface area contributed by atoms with E-state index in [0.29, 0.717) is 6.54 Å². The summed E-state index contributed by atoms with van der Waals surface area (Å²) in [5.41, 5.74) is 3.92. The van der Waals surface area contributed by atoms with Gasteiger partial charge in [0.2, 0.25) is 5.91 Å². The number of nitrogens with one attached hydrogen (secondary N) is 2. The van der Waals surface area contributed by atoms with Crippen LogP contribution in [-0.4, -0.2) is 23.0 Å². The summed E-state index contributed by atoms with van der Waals surface area (Å²) in [6.07, 6.45) is 0. The number of carbonyl (C=O) groups is 1. The van der Waals surface area contributed by atoms with Gasteiger partial charge in [-0.3, -0.25) is 4.79 Å². The van der Waals surface area contributed by atoms with Crippen molar-refractivity contribution in [1.29, 1.82) is 0 Å². The van der Waals surface area contributed by atoms with Gasteiger partial charge in [0.05, 0.1) is 23.0 Å². The van der Waals surface area contributed by atoms with Gasteiger partial charge < -0.3 is 15.4 Å². The number of rotatable bonds is 6. The van der Waals surface area contributed by atoms with E-state index in [1.54, 1.807) is 18.4 Å². The van der Waals surface area contributed by atoms with Crippen LogP contribution in [0.4, 0.5) is 10.3 Å². The number of hydrogen-bond acceptors (Lipinski definition) is 7. The quantitative estimate of drug-likeness (QED) is 0.477. The topological polar surface area (TPSA) is 76.1 Å². The Bertz CT molecular complexity index is 1120. The minimum Gasteiger partial charge on any atom is -0.497 e. The number of anilines is 2. The first-order chi connectivity index (χ1) is 13.6. The van der Waals surface area contributed by atoms with E-state index < -0.39 is 0 Å². The van der Waals surface area contributed by atoms with Gasteiger partial charge in [-0.15, -0.1) is 11.3 Å². The van der Waals surface area contributed by atoms with E-state index in [1.165, 1.54) is 18.3 Å². The van der Waals surface area contributed by atoms with Crippen molar-refractivity contribution in [1.82, 2.24) is 15.3 Å². The van der Waals surface area contributed by atoms with Gasteiger partial charge in [-0.05, 0) is 23.8 Å². The normalized spacial score (nSPS) is 10.8. The van der Waals surface area contributed by atoms with Crippen LogP contribution in [0.1, 0.15) is 12.5 Å². The van der Waals surface area contributed by atoms with Gasteiger partial charge in [0.15, 0.2) is 10.3 Å². The summed E-state index contributed by atoms with van der Waals surface area (Å²) in [6, 6.07) is 13.9. The molecule has 0 saturated carbocycles. The molecule has 2 aromatic heterocycles. The molecule has 0 radical (unpaired) electrons. The second kappa shape index (κ2) is 7.95. The third kappa shape index (κ3) is 4.13. The maximum atomic E-state index is 11.0. The maximum absolute atomic E-state index is 11.0. The van der Waals surface area contributed by atoms with Crippen LogP contribution in [0, 0.1) is 0 Å². The number of carbonyl (C=O) groups excluding carboxylic acids is 1. The molecule has 142 valence electrons. The lowest BCUT2D eigenvalue weighted by molar-refractivity contribution is -0.119. The Balaban J connectivity index is 1.47. The van der Waals surface area contributed by atoms with Gasteiger partial charge in [-0.2, -0.15) is 0 Å². The van der Waals surface area contributed by atoms with Crippen LogP contribution in [0.15, 0.2) is 47.8 Å². The Kier molecular flexibility index (Phi) is 5.23. The van der Waals surface area contributed by atoms with Gasteiger partial charge in [0, 0.05) is 24.4 Å². The van der Waals surface area contributed by atoms with Crippen molar-refractivity contribution >= 4 is 49.1 Å². The van der Waals surface area contributed by atoms with E-state index in [4.69, 9.17) is 4.74 Å². The predicted molar refractivity (Wildman–Crippen MR) is 115 cm³/mol. The van der Waals surface area contributed by atoms with Crippen molar-refractivity contribution in [3.05, 3.63) is 53.4 Å². The lowest BCUT2D eigenvalue weighted by Crippen LogP contribution is -2.18. The van der Waals surface area contributed by atoms with Gasteiger partial charge in [0.1, 0.15) is 5.75 Å². The Morgan fingerprint density at radius 1 is 1.11 bits per heavy atom. The lowest BCUT2D eigenvalue weighted by Gasteiger charge is -2.03. The summed E-state index contributed by atoms with van der Waals surface area (Å²) in [5, 5.41) is 9.70. The Morgan fingerprint density at radius 2 is 1.93 bits per heavy atom. The first-order valence-electron chi connectivity index (χ1n) is 8.61. The highest BCUT2D eigenvalue weighted by atomic mass is 32.1. The van der Waals surface area contributed by atoms with Crippen LogP contribution in [0.5, 0.6) is 5.75 Å². The summed E-state index contributed by atoms with van der Waals surface area (Å²) in [4.78, 5) is 20.3. The largest absolute Gasteiger partial charge is 0.497 e. The maximum Gasteiger partial charge on any atom is 0.217 e. The zero-order valence-electron chi connectivity index (χ0n) is 15.4. The summed E-state index contributed by atoms with van der Waals surface area (Å²) in [7, 11) is 1.66. The zero-order valence-corrected chi connectivity index (χ0v) is 17.0. The SMILES string of the molecule is COc1ccc2nc(Nc3nc(-c4ccc(CNC(C)=O)cc4)cs3)sc2c1. The molecule has 0 aliphatic rings. The zero-order chi connectivity index (χ0) is 19.5. The van der Waals surface area contributed by atoms with E-state index in [9.17, 15) is 4.79 Å². The molecule has 6 nitrogen and oxygen atoms in total. The van der Waals surface area contributed by atoms with Crippen LogP contribution in [-0.2, 0) is 11.3 Å². The van der Waals surface area contributed by atoms with Crippen molar-refractivity contribution in [3.63, 3.8) is 0 Å². The number of ether oxygens (including phenoxy) is 1. The number of fused-ring (bicyclic) bond motifs is 1. The molecule has 0 aliphatic carbocycles. The Labute approximate surface area is 170 Å². The highest BCUT2D eigenvalue weighted by Crippen LogP contribution is 2.33. The first kappa shape index (κ1) is 18.4. The third-order valence-electron chi connectivity index (χ3n) is 4.10. The number of thiazole rings is 2. The van der Waals surface area contributed by atoms with Crippen LogP contribution in [0.2, 0.25) is 0 Å². The van der Waals surface area contributed by atoms with Crippen molar-refractivity contribution in [2.75, 3.05) is 12.4 Å².